The van der Waals surface area contributed by atoms with Gasteiger partial charge in [0.25, 0.3) is 0 Å². The SMILES string of the molecule is Clc1cc2cnccc2cc1O[C@H]1CC[C@@H](NC2CCCCC2)CC1. The van der Waals surface area contributed by atoms with Crippen molar-refractivity contribution in [3.8, 4) is 5.75 Å². The highest BCUT2D eigenvalue weighted by Crippen LogP contribution is 2.33. The van der Waals surface area contributed by atoms with Crippen LogP contribution in [0.5, 0.6) is 5.75 Å². The minimum Gasteiger partial charge on any atom is -0.489 e. The first-order valence-electron chi connectivity index (χ1n) is 9.74. The van der Waals surface area contributed by atoms with E-state index < -0.39 is 0 Å². The molecule has 1 aromatic carbocycles. The summed E-state index contributed by atoms with van der Waals surface area (Å²) in [4.78, 5) is 4.15. The summed E-state index contributed by atoms with van der Waals surface area (Å²) in [5, 5.41) is 6.76. The van der Waals surface area contributed by atoms with E-state index in [1.165, 1.54) is 44.9 Å². The van der Waals surface area contributed by atoms with Gasteiger partial charge in [0.1, 0.15) is 5.75 Å². The predicted octanol–water partition coefficient (Wildman–Crippen LogP) is 5.50. The maximum atomic E-state index is 6.41. The molecule has 3 nitrogen and oxygen atoms in total. The molecule has 0 radical (unpaired) electrons. The highest BCUT2D eigenvalue weighted by molar-refractivity contribution is 6.32. The van der Waals surface area contributed by atoms with Crippen LogP contribution in [0.15, 0.2) is 30.6 Å². The molecule has 134 valence electrons. The zero-order valence-electron chi connectivity index (χ0n) is 14.7. The fourth-order valence-electron chi connectivity index (χ4n) is 4.31. The van der Waals surface area contributed by atoms with E-state index in [1.807, 2.05) is 30.6 Å². The Kier molecular flexibility index (Phi) is 5.42. The molecule has 0 amide bonds. The number of halogens is 1. The van der Waals surface area contributed by atoms with Crippen molar-refractivity contribution >= 4 is 22.4 Å². The lowest BCUT2D eigenvalue weighted by Crippen LogP contribution is -2.42. The molecule has 0 atom stereocenters. The number of rotatable bonds is 4. The maximum Gasteiger partial charge on any atom is 0.138 e. The smallest absolute Gasteiger partial charge is 0.138 e. The molecule has 25 heavy (non-hydrogen) atoms. The molecule has 0 aliphatic heterocycles. The minimum atomic E-state index is 0.279. The topological polar surface area (TPSA) is 34.1 Å². The van der Waals surface area contributed by atoms with Gasteiger partial charge in [-0.05, 0) is 62.1 Å². The average molecular weight is 359 g/mol. The van der Waals surface area contributed by atoms with E-state index in [1.54, 1.807) is 0 Å². The summed E-state index contributed by atoms with van der Waals surface area (Å²) in [6, 6.07) is 7.42. The molecule has 1 aromatic heterocycles. The molecule has 0 unspecified atom stereocenters. The Morgan fingerprint density at radius 1 is 0.920 bits per heavy atom. The molecule has 2 saturated carbocycles. The van der Waals surface area contributed by atoms with Crippen LogP contribution in [0.3, 0.4) is 0 Å². The second-order valence-electron chi connectivity index (χ2n) is 7.60. The van der Waals surface area contributed by atoms with Crippen LogP contribution in [0, 0.1) is 0 Å². The molecule has 1 N–H and O–H groups in total. The molecule has 2 fully saturated rings. The fourth-order valence-corrected chi connectivity index (χ4v) is 4.52. The van der Waals surface area contributed by atoms with Gasteiger partial charge in [-0.1, -0.05) is 30.9 Å². The van der Waals surface area contributed by atoms with E-state index in [0.717, 1.165) is 35.4 Å². The molecular weight excluding hydrogens is 332 g/mol. The molecule has 2 aliphatic rings. The molecule has 4 heteroatoms. The van der Waals surface area contributed by atoms with Crippen molar-refractivity contribution in [1.29, 1.82) is 0 Å². The number of benzene rings is 1. The Morgan fingerprint density at radius 2 is 1.68 bits per heavy atom. The Labute approximate surface area is 155 Å². The predicted molar refractivity (Wildman–Crippen MR) is 103 cm³/mol. The summed E-state index contributed by atoms with van der Waals surface area (Å²) in [6.07, 6.45) is 15.5. The summed E-state index contributed by atoms with van der Waals surface area (Å²) in [5.41, 5.74) is 0. The lowest BCUT2D eigenvalue weighted by molar-refractivity contribution is 0.134. The lowest BCUT2D eigenvalue weighted by Gasteiger charge is -2.33. The lowest BCUT2D eigenvalue weighted by atomic mass is 9.89. The quantitative estimate of drug-likeness (QED) is 0.783. The molecular formula is C21H27ClN2O. The van der Waals surface area contributed by atoms with Gasteiger partial charge in [-0.15, -0.1) is 0 Å². The molecule has 2 aliphatic carbocycles. The highest BCUT2D eigenvalue weighted by Gasteiger charge is 2.25. The van der Waals surface area contributed by atoms with E-state index in [-0.39, 0.29) is 6.10 Å². The summed E-state index contributed by atoms with van der Waals surface area (Å²) in [6.45, 7) is 0. The number of nitrogens with zero attached hydrogens (tertiary/aromatic N) is 1. The standard InChI is InChI=1S/C21H27ClN2O/c22-20-12-16-14-23-11-10-15(16)13-21(20)25-19-8-6-18(7-9-19)24-17-4-2-1-3-5-17/h10-14,17-19,24H,1-9H2/t18-,19+. The number of ether oxygens (including phenoxy) is 1. The van der Waals surface area contributed by atoms with Crippen LogP contribution >= 0.6 is 11.6 Å². The molecule has 0 spiro atoms. The second-order valence-corrected chi connectivity index (χ2v) is 8.01. The van der Waals surface area contributed by atoms with Crippen molar-refractivity contribution in [3.05, 3.63) is 35.6 Å². The van der Waals surface area contributed by atoms with Crippen LogP contribution < -0.4 is 10.1 Å². The van der Waals surface area contributed by atoms with E-state index >= 15 is 0 Å². The second kappa shape index (κ2) is 7.92. The average Bonchev–Trinajstić information content (AvgIpc) is 2.65. The van der Waals surface area contributed by atoms with Crippen LogP contribution in [0.1, 0.15) is 57.8 Å². The van der Waals surface area contributed by atoms with Crippen molar-refractivity contribution in [2.45, 2.75) is 76.0 Å². The van der Waals surface area contributed by atoms with Gasteiger partial charge in [-0.3, -0.25) is 4.98 Å². The zero-order chi connectivity index (χ0) is 17.1. The van der Waals surface area contributed by atoms with E-state index in [0.29, 0.717) is 11.1 Å². The number of hydrogen-bond acceptors (Lipinski definition) is 3. The zero-order valence-corrected chi connectivity index (χ0v) is 15.5. The minimum absolute atomic E-state index is 0.279. The largest absolute Gasteiger partial charge is 0.489 e. The van der Waals surface area contributed by atoms with Gasteiger partial charge >= 0.3 is 0 Å². The van der Waals surface area contributed by atoms with Gasteiger partial charge < -0.3 is 10.1 Å². The molecule has 0 bridgehead atoms. The van der Waals surface area contributed by atoms with E-state index in [4.69, 9.17) is 16.3 Å². The van der Waals surface area contributed by atoms with Gasteiger partial charge in [0.2, 0.25) is 0 Å². The third-order valence-corrected chi connectivity index (χ3v) is 6.03. The third kappa shape index (κ3) is 4.27. The van der Waals surface area contributed by atoms with Gasteiger partial charge in [-0.25, -0.2) is 0 Å². The van der Waals surface area contributed by atoms with Gasteiger partial charge in [0, 0.05) is 29.9 Å². The van der Waals surface area contributed by atoms with Crippen molar-refractivity contribution in [3.63, 3.8) is 0 Å². The fraction of sp³-hybridized carbons (Fsp3) is 0.571. The monoisotopic (exact) mass is 358 g/mol. The van der Waals surface area contributed by atoms with Crippen LogP contribution in [0.2, 0.25) is 5.02 Å². The Balaban J connectivity index is 1.33. The normalized spacial score (nSPS) is 25.2. The molecule has 0 saturated heterocycles. The van der Waals surface area contributed by atoms with E-state index in [2.05, 4.69) is 10.3 Å². The number of aromatic nitrogens is 1. The highest BCUT2D eigenvalue weighted by atomic mass is 35.5. The van der Waals surface area contributed by atoms with Gasteiger partial charge in [0.05, 0.1) is 11.1 Å². The first-order valence-corrected chi connectivity index (χ1v) is 10.1. The van der Waals surface area contributed by atoms with Gasteiger partial charge in [0.15, 0.2) is 0 Å². The number of pyridine rings is 1. The Morgan fingerprint density at radius 3 is 2.48 bits per heavy atom. The van der Waals surface area contributed by atoms with Crippen molar-refractivity contribution in [2.75, 3.05) is 0 Å². The number of fused-ring (bicyclic) bond motifs is 1. The van der Waals surface area contributed by atoms with Crippen molar-refractivity contribution < 1.29 is 4.74 Å². The number of hydrogen-bond donors (Lipinski definition) is 1. The first kappa shape index (κ1) is 17.1. The molecule has 1 heterocycles. The van der Waals surface area contributed by atoms with E-state index in [9.17, 15) is 0 Å². The molecule has 4 rings (SSSR count). The third-order valence-electron chi connectivity index (χ3n) is 5.74. The summed E-state index contributed by atoms with van der Waals surface area (Å²) < 4.78 is 6.25. The summed E-state index contributed by atoms with van der Waals surface area (Å²) >= 11 is 6.41. The Hall–Kier alpha value is -1.32. The summed E-state index contributed by atoms with van der Waals surface area (Å²) in [5.74, 6) is 0.809. The summed E-state index contributed by atoms with van der Waals surface area (Å²) in [7, 11) is 0. The van der Waals surface area contributed by atoms with Gasteiger partial charge in [-0.2, -0.15) is 0 Å². The van der Waals surface area contributed by atoms with Crippen LogP contribution in [0.25, 0.3) is 10.8 Å². The van der Waals surface area contributed by atoms with Crippen molar-refractivity contribution in [1.82, 2.24) is 10.3 Å². The van der Waals surface area contributed by atoms with Crippen LogP contribution in [-0.4, -0.2) is 23.2 Å². The maximum absolute atomic E-state index is 6.41. The van der Waals surface area contributed by atoms with Crippen LogP contribution in [0.4, 0.5) is 0 Å². The first-order chi connectivity index (χ1) is 12.3. The molecule has 2 aromatic rings. The van der Waals surface area contributed by atoms with Crippen molar-refractivity contribution in [2.24, 2.45) is 0 Å². The number of nitrogens with one attached hydrogen (secondary N) is 1. The van der Waals surface area contributed by atoms with Crippen LogP contribution in [-0.2, 0) is 0 Å². The Bertz CT molecular complexity index is 706.